The Bertz CT molecular complexity index is 808. The fourth-order valence-electron chi connectivity index (χ4n) is 3.19. The predicted octanol–water partition coefficient (Wildman–Crippen LogP) is 2.69. The minimum absolute atomic E-state index is 0.0247. The fraction of sp³-hybridized carbons (Fsp3) is 0.450. The van der Waals surface area contributed by atoms with E-state index in [1.807, 2.05) is 54.8 Å². The zero-order chi connectivity index (χ0) is 19.4. The highest BCUT2D eigenvalue weighted by Gasteiger charge is 2.26. The van der Waals surface area contributed by atoms with E-state index >= 15 is 0 Å². The van der Waals surface area contributed by atoms with Crippen molar-refractivity contribution < 1.29 is 14.3 Å². The molecular formula is C20H25N3O3S. The highest BCUT2D eigenvalue weighted by atomic mass is 32.1. The molecule has 144 valence electrons. The van der Waals surface area contributed by atoms with Gasteiger partial charge in [0.05, 0.1) is 23.7 Å². The van der Waals surface area contributed by atoms with Crippen molar-refractivity contribution >= 4 is 23.2 Å². The zero-order valence-electron chi connectivity index (χ0n) is 16.0. The lowest BCUT2D eigenvalue weighted by Gasteiger charge is -2.34. The molecule has 6 nitrogen and oxygen atoms in total. The Morgan fingerprint density at radius 3 is 2.26 bits per heavy atom. The van der Waals surface area contributed by atoms with E-state index in [0.29, 0.717) is 44.1 Å². The van der Waals surface area contributed by atoms with Crippen LogP contribution in [0.25, 0.3) is 0 Å². The second kappa shape index (κ2) is 8.52. The van der Waals surface area contributed by atoms with E-state index in [4.69, 9.17) is 4.74 Å². The molecule has 3 rings (SSSR count). The molecule has 1 aromatic heterocycles. The van der Waals surface area contributed by atoms with E-state index < -0.39 is 0 Å². The lowest BCUT2D eigenvalue weighted by Crippen LogP contribution is -2.51. The summed E-state index contributed by atoms with van der Waals surface area (Å²) in [4.78, 5) is 33.9. The van der Waals surface area contributed by atoms with Crippen LogP contribution in [0.15, 0.2) is 24.3 Å². The number of aromatic nitrogens is 1. The van der Waals surface area contributed by atoms with Crippen LogP contribution < -0.4 is 4.74 Å². The quantitative estimate of drug-likeness (QED) is 0.791. The van der Waals surface area contributed by atoms with Crippen LogP contribution in [0.5, 0.6) is 5.75 Å². The number of ether oxygens (including phenoxy) is 1. The minimum Gasteiger partial charge on any atom is -0.494 e. The number of rotatable bonds is 5. The van der Waals surface area contributed by atoms with Crippen LogP contribution in [0.3, 0.4) is 0 Å². The molecule has 1 saturated heterocycles. The van der Waals surface area contributed by atoms with Crippen molar-refractivity contribution in [2.24, 2.45) is 0 Å². The van der Waals surface area contributed by atoms with Crippen molar-refractivity contribution in [2.45, 2.75) is 27.2 Å². The topological polar surface area (TPSA) is 62.7 Å². The third-order valence-electron chi connectivity index (χ3n) is 4.61. The number of benzene rings is 1. The lowest BCUT2D eigenvalue weighted by atomic mass is 10.1. The van der Waals surface area contributed by atoms with Crippen molar-refractivity contribution in [3.05, 3.63) is 45.4 Å². The first-order valence-corrected chi connectivity index (χ1v) is 10.0. The smallest absolute Gasteiger partial charge is 0.265 e. The molecule has 0 spiro atoms. The highest BCUT2D eigenvalue weighted by Crippen LogP contribution is 2.20. The first-order valence-electron chi connectivity index (χ1n) is 9.20. The fourth-order valence-corrected chi connectivity index (χ4v) is 4.08. The summed E-state index contributed by atoms with van der Waals surface area (Å²) in [5.41, 5.74) is 1.76. The predicted molar refractivity (Wildman–Crippen MR) is 105 cm³/mol. The number of thiazole rings is 1. The molecule has 0 radical (unpaired) electrons. The maximum atomic E-state index is 12.7. The van der Waals surface area contributed by atoms with E-state index in [1.54, 1.807) is 0 Å². The average Bonchev–Trinajstić information content (AvgIpc) is 3.01. The van der Waals surface area contributed by atoms with E-state index in [1.165, 1.54) is 11.3 Å². The monoisotopic (exact) mass is 387 g/mol. The van der Waals surface area contributed by atoms with E-state index in [2.05, 4.69) is 4.98 Å². The molecule has 0 atom stereocenters. The van der Waals surface area contributed by atoms with Crippen molar-refractivity contribution in [3.8, 4) is 5.75 Å². The molecule has 7 heteroatoms. The van der Waals surface area contributed by atoms with Crippen LogP contribution in [0.2, 0.25) is 0 Å². The number of carbonyl (C=O) groups excluding carboxylic acids is 2. The van der Waals surface area contributed by atoms with Gasteiger partial charge in [-0.05, 0) is 38.5 Å². The standard InChI is InChI=1S/C20H25N3O3S/c1-4-26-17-7-5-16(6-8-17)13-18(24)22-9-11-23(12-10-22)20(25)19-14(2)21-15(3)27-19/h5-8H,4,9-13H2,1-3H3. The van der Waals surface area contributed by atoms with Gasteiger partial charge in [0.1, 0.15) is 10.6 Å². The molecule has 1 aliphatic heterocycles. The molecular weight excluding hydrogens is 362 g/mol. The Kier molecular flexibility index (Phi) is 6.11. The van der Waals surface area contributed by atoms with Gasteiger partial charge in [-0.3, -0.25) is 9.59 Å². The van der Waals surface area contributed by atoms with Gasteiger partial charge >= 0.3 is 0 Å². The normalized spacial score (nSPS) is 14.3. The summed E-state index contributed by atoms with van der Waals surface area (Å²) in [6.45, 7) is 8.60. The number of amides is 2. The second-order valence-electron chi connectivity index (χ2n) is 6.57. The Balaban J connectivity index is 1.53. The van der Waals surface area contributed by atoms with Crippen molar-refractivity contribution in [2.75, 3.05) is 32.8 Å². The maximum Gasteiger partial charge on any atom is 0.265 e. The molecule has 2 amide bonds. The van der Waals surface area contributed by atoms with Crippen LogP contribution in [0, 0.1) is 13.8 Å². The van der Waals surface area contributed by atoms with Crippen molar-refractivity contribution in [1.29, 1.82) is 0 Å². The van der Waals surface area contributed by atoms with Gasteiger partial charge in [0.15, 0.2) is 0 Å². The minimum atomic E-state index is 0.0247. The van der Waals surface area contributed by atoms with Crippen LogP contribution in [0.1, 0.15) is 32.9 Å². The van der Waals surface area contributed by atoms with Gasteiger partial charge in [-0.2, -0.15) is 0 Å². The van der Waals surface area contributed by atoms with E-state index in [-0.39, 0.29) is 11.8 Å². The summed E-state index contributed by atoms with van der Waals surface area (Å²) in [6, 6.07) is 7.64. The molecule has 27 heavy (non-hydrogen) atoms. The van der Waals surface area contributed by atoms with Gasteiger partial charge < -0.3 is 14.5 Å². The summed E-state index contributed by atoms with van der Waals surface area (Å²) in [6.07, 6.45) is 0.369. The van der Waals surface area contributed by atoms with E-state index in [0.717, 1.165) is 22.0 Å². The molecule has 1 aliphatic rings. The molecule has 0 aliphatic carbocycles. The SMILES string of the molecule is CCOc1ccc(CC(=O)N2CCN(C(=O)c3sc(C)nc3C)CC2)cc1. The number of nitrogens with zero attached hydrogens (tertiary/aromatic N) is 3. The van der Waals surface area contributed by atoms with Crippen molar-refractivity contribution in [1.82, 2.24) is 14.8 Å². The lowest BCUT2D eigenvalue weighted by molar-refractivity contribution is -0.131. The molecule has 0 bridgehead atoms. The summed E-state index contributed by atoms with van der Waals surface area (Å²) in [5.74, 6) is 0.933. The van der Waals surface area contributed by atoms with Crippen molar-refractivity contribution in [3.63, 3.8) is 0 Å². The summed E-state index contributed by atoms with van der Waals surface area (Å²) < 4.78 is 5.43. The largest absolute Gasteiger partial charge is 0.494 e. The Hall–Kier alpha value is -2.41. The molecule has 2 aromatic rings. The average molecular weight is 388 g/mol. The van der Waals surface area contributed by atoms with E-state index in [9.17, 15) is 9.59 Å². The van der Waals surface area contributed by atoms with Crippen LogP contribution in [0.4, 0.5) is 0 Å². The van der Waals surface area contributed by atoms with Gasteiger partial charge in [-0.25, -0.2) is 4.98 Å². The number of hydrogen-bond donors (Lipinski definition) is 0. The number of hydrogen-bond acceptors (Lipinski definition) is 5. The van der Waals surface area contributed by atoms with Gasteiger partial charge in [0, 0.05) is 26.2 Å². The van der Waals surface area contributed by atoms with Gasteiger partial charge in [0.2, 0.25) is 5.91 Å². The van der Waals surface area contributed by atoms with Crippen LogP contribution in [-0.2, 0) is 11.2 Å². The maximum absolute atomic E-state index is 12.7. The third-order valence-corrected chi connectivity index (χ3v) is 5.67. The first kappa shape index (κ1) is 19.4. The van der Waals surface area contributed by atoms with Gasteiger partial charge in [-0.1, -0.05) is 12.1 Å². The number of aryl methyl sites for hydroxylation is 2. The number of carbonyl (C=O) groups is 2. The first-order chi connectivity index (χ1) is 13.0. The Morgan fingerprint density at radius 1 is 1.07 bits per heavy atom. The summed E-state index contributed by atoms with van der Waals surface area (Å²) in [7, 11) is 0. The zero-order valence-corrected chi connectivity index (χ0v) is 16.8. The third kappa shape index (κ3) is 4.66. The highest BCUT2D eigenvalue weighted by molar-refractivity contribution is 7.13. The van der Waals surface area contributed by atoms with Gasteiger partial charge in [-0.15, -0.1) is 11.3 Å². The van der Waals surface area contributed by atoms with Crippen LogP contribution >= 0.6 is 11.3 Å². The Morgan fingerprint density at radius 2 is 1.70 bits per heavy atom. The molecule has 0 unspecified atom stereocenters. The molecule has 1 aromatic carbocycles. The molecule has 2 heterocycles. The number of piperazine rings is 1. The molecule has 1 fully saturated rings. The summed E-state index contributed by atoms with van der Waals surface area (Å²) >= 11 is 1.44. The molecule has 0 N–H and O–H groups in total. The molecule has 0 saturated carbocycles. The van der Waals surface area contributed by atoms with Gasteiger partial charge in [0.25, 0.3) is 5.91 Å². The Labute approximate surface area is 163 Å². The second-order valence-corrected chi connectivity index (χ2v) is 7.78. The van der Waals surface area contributed by atoms with Crippen LogP contribution in [-0.4, -0.2) is 59.4 Å². The summed E-state index contributed by atoms with van der Waals surface area (Å²) in [5, 5.41) is 0.903.